The molecule has 1 aromatic carbocycles. The van der Waals surface area contributed by atoms with Crippen LogP contribution in [0, 0.1) is 5.82 Å². The molecule has 2 rings (SSSR count). The van der Waals surface area contributed by atoms with Gasteiger partial charge in [-0.2, -0.15) is 0 Å². The van der Waals surface area contributed by atoms with Crippen molar-refractivity contribution in [2.75, 3.05) is 5.32 Å². The highest BCUT2D eigenvalue weighted by atomic mass is 19.1. The fraction of sp³-hybridized carbons (Fsp3) is 0.417. The fourth-order valence-electron chi connectivity index (χ4n) is 1.50. The summed E-state index contributed by atoms with van der Waals surface area (Å²) < 4.78 is 12.9. The summed E-state index contributed by atoms with van der Waals surface area (Å²) in [5.74, 6) is -0.474. The minimum Gasteiger partial charge on any atom is -0.325 e. The van der Waals surface area contributed by atoms with Crippen molar-refractivity contribution < 1.29 is 9.18 Å². The molecule has 3 nitrogen and oxygen atoms in total. The SMILES string of the molecule is CC(NC1CC1)C(=O)Nc1cccc(F)c1. The van der Waals surface area contributed by atoms with Gasteiger partial charge in [0.25, 0.3) is 0 Å². The Kier molecular flexibility index (Phi) is 3.19. The van der Waals surface area contributed by atoms with Crippen molar-refractivity contribution in [1.82, 2.24) is 5.32 Å². The summed E-state index contributed by atoms with van der Waals surface area (Å²) in [7, 11) is 0. The summed E-state index contributed by atoms with van der Waals surface area (Å²) in [5, 5.41) is 5.86. The third kappa shape index (κ3) is 3.03. The molecule has 2 N–H and O–H groups in total. The van der Waals surface area contributed by atoms with Crippen LogP contribution in [-0.4, -0.2) is 18.0 Å². The van der Waals surface area contributed by atoms with Crippen molar-refractivity contribution in [3.8, 4) is 0 Å². The van der Waals surface area contributed by atoms with Gasteiger partial charge in [-0.15, -0.1) is 0 Å². The third-order valence-electron chi connectivity index (χ3n) is 2.55. The Bertz CT molecular complexity index is 390. The molecule has 1 saturated carbocycles. The second kappa shape index (κ2) is 4.61. The van der Waals surface area contributed by atoms with E-state index in [1.165, 1.54) is 12.1 Å². The van der Waals surface area contributed by atoms with E-state index >= 15 is 0 Å². The summed E-state index contributed by atoms with van der Waals surface area (Å²) in [6, 6.07) is 6.14. The number of rotatable bonds is 4. The summed E-state index contributed by atoms with van der Waals surface area (Å²) >= 11 is 0. The van der Waals surface area contributed by atoms with E-state index in [1.807, 2.05) is 6.92 Å². The summed E-state index contributed by atoms with van der Waals surface area (Å²) in [6.45, 7) is 1.81. The van der Waals surface area contributed by atoms with Crippen LogP contribution in [0.1, 0.15) is 19.8 Å². The van der Waals surface area contributed by atoms with Crippen LogP contribution in [0.25, 0.3) is 0 Å². The van der Waals surface area contributed by atoms with Crippen molar-refractivity contribution >= 4 is 11.6 Å². The Labute approximate surface area is 94.0 Å². The first-order valence-electron chi connectivity index (χ1n) is 5.47. The maximum Gasteiger partial charge on any atom is 0.241 e. The number of carbonyl (C=O) groups is 1. The van der Waals surface area contributed by atoms with Gasteiger partial charge < -0.3 is 10.6 Å². The van der Waals surface area contributed by atoms with Gasteiger partial charge in [0, 0.05) is 11.7 Å². The lowest BCUT2D eigenvalue weighted by Crippen LogP contribution is -2.39. The second-order valence-corrected chi connectivity index (χ2v) is 4.16. The molecule has 0 aliphatic heterocycles. The van der Waals surface area contributed by atoms with Gasteiger partial charge in [-0.25, -0.2) is 4.39 Å². The third-order valence-corrected chi connectivity index (χ3v) is 2.55. The molecule has 1 amide bonds. The molecule has 86 valence electrons. The van der Waals surface area contributed by atoms with E-state index in [2.05, 4.69) is 10.6 Å². The molecule has 1 aliphatic carbocycles. The maximum absolute atomic E-state index is 12.9. The van der Waals surface area contributed by atoms with E-state index in [4.69, 9.17) is 0 Å². The van der Waals surface area contributed by atoms with Gasteiger partial charge in [-0.1, -0.05) is 6.07 Å². The highest BCUT2D eigenvalue weighted by molar-refractivity contribution is 5.94. The Hall–Kier alpha value is -1.42. The van der Waals surface area contributed by atoms with E-state index < -0.39 is 0 Å². The second-order valence-electron chi connectivity index (χ2n) is 4.16. The molecule has 1 fully saturated rings. The van der Waals surface area contributed by atoms with Gasteiger partial charge in [0.2, 0.25) is 5.91 Å². The topological polar surface area (TPSA) is 41.1 Å². The molecular weight excluding hydrogens is 207 g/mol. The first kappa shape index (κ1) is 11.1. The normalized spacial score (nSPS) is 16.9. The Morgan fingerprint density at radius 1 is 1.50 bits per heavy atom. The highest BCUT2D eigenvalue weighted by Crippen LogP contribution is 2.19. The number of hydrogen-bond acceptors (Lipinski definition) is 2. The molecule has 1 atom stereocenters. The van der Waals surface area contributed by atoms with Crippen LogP contribution in [0.5, 0.6) is 0 Å². The number of anilines is 1. The van der Waals surface area contributed by atoms with Crippen molar-refractivity contribution in [1.29, 1.82) is 0 Å². The number of nitrogens with one attached hydrogen (secondary N) is 2. The molecule has 0 heterocycles. The zero-order valence-corrected chi connectivity index (χ0v) is 9.16. The van der Waals surface area contributed by atoms with Gasteiger partial charge in [0.05, 0.1) is 6.04 Å². The van der Waals surface area contributed by atoms with Crippen LogP contribution in [0.4, 0.5) is 10.1 Å². The zero-order valence-electron chi connectivity index (χ0n) is 9.16. The number of benzene rings is 1. The van der Waals surface area contributed by atoms with Crippen molar-refractivity contribution in [3.63, 3.8) is 0 Å². The molecule has 0 spiro atoms. The minimum atomic E-state index is -0.347. The summed E-state index contributed by atoms with van der Waals surface area (Å²) in [4.78, 5) is 11.7. The van der Waals surface area contributed by atoms with Crippen molar-refractivity contribution in [3.05, 3.63) is 30.1 Å². The molecule has 1 unspecified atom stereocenters. The smallest absolute Gasteiger partial charge is 0.241 e. The number of amides is 1. The van der Waals surface area contributed by atoms with Gasteiger partial charge in [0.15, 0.2) is 0 Å². The van der Waals surface area contributed by atoms with Gasteiger partial charge >= 0.3 is 0 Å². The maximum atomic E-state index is 12.9. The van der Waals surface area contributed by atoms with Crippen LogP contribution >= 0.6 is 0 Å². The fourth-order valence-corrected chi connectivity index (χ4v) is 1.50. The molecule has 1 aromatic rings. The van der Waals surface area contributed by atoms with Gasteiger partial charge in [-0.3, -0.25) is 4.79 Å². The van der Waals surface area contributed by atoms with E-state index in [0.717, 1.165) is 12.8 Å². The number of halogens is 1. The minimum absolute atomic E-state index is 0.127. The summed E-state index contributed by atoms with van der Waals surface area (Å²) in [5.41, 5.74) is 0.495. The predicted molar refractivity (Wildman–Crippen MR) is 60.6 cm³/mol. The molecule has 16 heavy (non-hydrogen) atoms. The molecular formula is C12H15FN2O. The average molecular weight is 222 g/mol. The quantitative estimate of drug-likeness (QED) is 0.817. The summed E-state index contributed by atoms with van der Waals surface area (Å²) in [6.07, 6.45) is 2.27. The van der Waals surface area contributed by atoms with Gasteiger partial charge in [-0.05, 0) is 38.0 Å². The first-order chi connectivity index (χ1) is 7.65. The van der Waals surface area contributed by atoms with Crippen LogP contribution in [0.2, 0.25) is 0 Å². The first-order valence-corrected chi connectivity index (χ1v) is 5.47. The monoisotopic (exact) mass is 222 g/mol. The van der Waals surface area contributed by atoms with E-state index in [9.17, 15) is 9.18 Å². The van der Waals surface area contributed by atoms with Crippen molar-refractivity contribution in [2.45, 2.75) is 31.8 Å². The van der Waals surface area contributed by atoms with E-state index in [-0.39, 0.29) is 17.8 Å². The molecule has 0 saturated heterocycles. The molecule has 0 aromatic heterocycles. The van der Waals surface area contributed by atoms with E-state index in [0.29, 0.717) is 11.7 Å². The van der Waals surface area contributed by atoms with Crippen LogP contribution in [0.15, 0.2) is 24.3 Å². The Balaban J connectivity index is 1.90. The average Bonchev–Trinajstić information content (AvgIpc) is 3.01. The standard InChI is InChI=1S/C12H15FN2O/c1-8(14-10-5-6-10)12(16)15-11-4-2-3-9(13)7-11/h2-4,7-8,10,14H,5-6H2,1H3,(H,15,16). The highest BCUT2D eigenvalue weighted by Gasteiger charge is 2.25. The van der Waals surface area contributed by atoms with E-state index in [1.54, 1.807) is 12.1 Å². The number of hydrogen-bond donors (Lipinski definition) is 2. The predicted octanol–water partition coefficient (Wildman–Crippen LogP) is 1.90. The van der Waals surface area contributed by atoms with Crippen LogP contribution in [0.3, 0.4) is 0 Å². The molecule has 0 bridgehead atoms. The lowest BCUT2D eigenvalue weighted by molar-refractivity contribution is -0.117. The lowest BCUT2D eigenvalue weighted by atomic mass is 10.2. The Morgan fingerprint density at radius 3 is 2.88 bits per heavy atom. The molecule has 1 aliphatic rings. The van der Waals surface area contributed by atoms with Crippen LogP contribution < -0.4 is 10.6 Å². The number of carbonyl (C=O) groups excluding carboxylic acids is 1. The largest absolute Gasteiger partial charge is 0.325 e. The molecule has 0 radical (unpaired) electrons. The van der Waals surface area contributed by atoms with Crippen LogP contribution in [-0.2, 0) is 4.79 Å². The zero-order chi connectivity index (χ0) is 11.5. The lowest BCUT2D eigenvalue weighted by Gasteiger charge is -2.13. The van der Waals surface area contributed by atoms with Gasteiger partial charge in [0.1, 0.15) is 5.82 Å². The van der Waals surface area contributed by atoms with Crippen molar-refractivity contribution in [2.24, 2.45) is 0 Å². The molecule has 4 heteroatoms. The Morgan fingerprint density at radius 2 is 2.25 bits per heavy atom.